The Morgan fingerprint density at radius 3 is 2.65 bits per heavy atom. The Morgan fingerprint density at radius 1 is 1.15 bits per heavy atom. The van der Waals surface area contributed by atoms with Crippen LogP contribution in [0.4, 0.5) is 0 Å². The SMILES string of the molecule is Cc1cc(C)n(CCCC(=O)N2CCn3nc(CCC(=O)O)cc3C2)n1. The number of carboxylic acids is 1. The van der Waals surface area contributed by atoms with E-state index in [4.69, 9.17) is 5.11 Å². The zero-order valence-corrected chi connectivity index (χ0v) is 15.3. The topological polar surface area (TPSA) is 93.2 Å². The van der Waals surface area contributed by atoms with Gasteiger partial charge in [0.2, 0.25) is 5.91 Å². The first kappa shape index (κ1) is 18.2. The van der Waals surface area contributed by atoms with Crippen molar-refractivity contribution in [1.29, 1.82) is 0 Å². The van der Waals surface area contributed by atoms with E-state index in [1.807, 2.05) is 40.2 Å². The molecule has 0 bridgehead atoms. The predicted molar refractivity (Wildman–Crippen MR) is 94.5 cm³/mol. The molecule has 0 unspecified atom stereocenters. The van der Waals surface area contributed by atoms with Crippen LogP contribution in [0.15, 0.2) is 12.1 Å². The number of aliphatic carboxylic acids is 1. The third-order valence-corrected chi connectivity index (χ3v) is 4.66. The van der Waals surface area contributed by atoms with E-state index in [1.165, 1.54) is 0 Å². The lowest BCUT2D eigenvalue weighted by Crippen LogP contribution is -2.38. The van der Waals surface area contributed by atoms with Gasteiger partial charge in [-0.05, 0) is 32.4 Å². The Kier molecular flexibility index (Phi) is 5.39. The van der Waals surface area contributed by atoms with Crippen LogP contribution in [-0.4, -0.2) is 48.0 Å². The molecule has 0 aliphatic carbocycles. The maximum Gasteiger partial charge on any atom is 0.303 e. The molecular formula is C18H25N5O3. The number of hydrogen-bond acceptors (Lipinski definition) is 4. The summed E-state index contributed by atoms with van der Waals surface area (Å²) >= 11 is 0. The van der Waals surface area contributed by atoms with Crippen LogP contribution in [0.25, 0.3) is 0 Å². The van der Waals surface area contributed by atoms with Crippen molar-refractivity contribution in [2.75, 3.05) is 6.54 Å². The number of carboxylic acid groups (broad SMARTS) is 1. The van der Waals surface area contributed by atoms with Crippen molar-refractivity contribution in [2.45, 2.75) is 59.2 Å². The minimum atomic E-state index is -0.824. The number of aryl methyl sites for hydroxylation is 4. The van der Waals surface area contributed by atoms with E-state index in [0.29, 0.717) is 32.5 Å². The number of rotatable bonds is 7. The van der Waals surface area contributed by atoms with Gasteiger partial charge < -0.3 is 10.0 Å². The summed E-state index contributed by atoms with van der Waals surface area (Å²) in [6.07, 6.45) is 1.76. The largest absolute Gasteiger partial charge is 0.481 e. The molecule has 26 heavy (non-hydrogen) atoms. The van der Waals surface area contributed by atoms with Crippen molar-refractivity contribution >= 4 is 11.9 Å². The summed E-state index contributed by atoms with van der Waals surface area (Å²) in [7, 11) is 0. The van der Waals surface area contributed by atoms with E-state index in [-0.39, 0.29) is 12.3 Å². The molecule has 3 rings (SSSR count). The van der Waals surface area contributed by atoms with Gasteiger partial charge in [0.25, 0.3) is 0 Å². The molecule has 8 heteroatoms. The summed E-state index contributed by atoms with van der Waals surface area (Å²) in [6, 6.07) is 3.95. The molecule has 1 aliphatic rings. The Morgan fingerprint density at radius 2 is 1.96 bits per heavy atom. The molecule has 0 spiro atoms. The van der Waals surface area contributed by atoms with Gasteiger partial charge in [0.15, 0.2) is 0 Å². The van der Waals surface area contributed by atoms with Crippen LogP contribution in [0.1, 0.15) is 42.0 Å². The summed E-state index contributed by atoms with van der Waals surface area (Å²) in [5.41, 5.74) is 3.87. The van der Waals surface area contributed by atoms with Crippen LogP contribution in [-0.2, 0) is 35.6 Å². The fraction of sp³-hybridized carbons (Fsp3) is 0.556. The lowest BCUT2D eigenvalue weighted by molar-refractivity contribution is -0.137. The third kappa shape index (κ3) is 4.30. The van der Waals surface area contributed by atoms with Crippen molar-refractivity contribution in [3.63, 3.8) is 0 Å². The second kappa shape index (κ2) is 7.72. The quantitative estimate of drug-likeness (QED) is 0.809. The number of fused-ring (bicyclic) bond motifs is 1. The normalized spacial score (nSPS) is 13.7. The maximum absolute atomic E-state index is 12.5. The van der Waals surface area contributed by atoms with E-state index in [9.17, 15) is 9.59 Å². The van der Waals surface area contributed by atoms with Gasteiger partial charge in [0.1, 0.15) is 0 Å². The Labute approximate surface area is 152 Å². The van der Waals surface area contributed by atoms with Gasteiger partial charge in [-0.2, -0.15) is 10.2 Å². The monoisotopic (exact) mass is 359 g/mol. The standard InChI is InChI=1S/C18H25N5O3/c1-13-10-14(2)22(19-13)7-3-4-17(24)21-8-9-23-16(12-21)11-15(20-23)5-6-18(25)26/h10-11H,3-9,12H2,1-2H3,(H,25,26). The number of amides is 1. The molecule has 2 aromatic rings. The first-order valence-corrected chi connectivity index (χ1v) is 8.98. The summed E-state index contributed by atoms with van der Waals surface area (Å²) < 4.78 is 3.83. The number of nitrogens with zero attached hydrogens (tertiary/aromatic N) is 5. The van der Waals surface area contributed by atoms with E-state index < -0.39 is 5.97 Å². The molecule has 0 saturated carbocycles. The number of aromatic nitrogens is 4. The smallest absolute Gasteiger partial charge is 0.303 e. The number of carbonyl (C=O) groups excluding carboxylic acids is 1. The maximum atomic E-state index is 12.5. The van der Waals surface area contributed by atoms with Gasteiger partial charge in [0, 0.05) is 31.6 Å². The molecule has 0 radical (unpaired) electrons. The molecule has 0 atom stereocenters. The van der Waals surface area contributed by atoms with Crippen LogP contribution >= 0.6 is 0 Å². The highest BCUT2D eigenvalue weighted by Gasteiger charge is 2.22. The summed E-state index contributed by atoms with van der Waals surface area (Å²) in [6.45, 7) is 6.58. The fourth-order valence-electron chi connectivity index (χ4n) is 3.34. The average Bonchev–Trinajstić information content (AvgIpc) is 3.14. The molecule has 1 N–H and O–H groups in total. The molecule has 1 aliphatic heterocycles. The lowest BCUT2D eigenvalue weighted by Gasteiger charge is -2.27. The predicted octanol–water partition coefficient (Wildman–Crippen LogP) is 1.54. The van der Waals surface area contributed by atoms with Gasteiger partial charge in [0.05, 0.1) is 36.6 Å². The minimum absolute atomic E-state index is 0.0748. The molecule has 0 saturated heterocycles. The van der Waals surface area contributed by atoms with E-state index in [2.05, 4.69) is 10.2 Å². The van der Waals surface area contributed by atoms with Crippen LogP contribution in [0.5, 0.6) is 0 Å². The highest BCUT2D eigenvalue weighted by molar-refractivity contribution is 5.76. The van der Waals surface area contributed by atoms with Gasteiger partial charge >= 0.3 is 5.97 Å². The molecule has 0 aromatic carbocycles. The first-order chi connectivity index (χ1) is 12.4. The summed E-state index contributed by atoms with van der Waals surface area (Å²) in [4.78, 5) is 25.0. The summed E-state index contributed by atoms with van der Waals surface area (Å²) in [5.74, 6) is -0.679. The molecule has 2 aromatic heterocycles. The van der Waals surface area contributed by atoms with Crippen LogP contribution in [0.3, 0.4) is 0 Å². The zero-order chi connectivity index (χ0) is 18.7. The van der Waals surface area contributed by atoms with Crippen LogP contribution in [0, 0.1) is 13.8 Å². The lowest BCUT2D eigenvalue weighted by atomic mass is 10.2. The first-order valence-electron chi connectivity index (χ1n) is 8.98. The van der Waals surface area contributed by atoms with Crippen molar-refractivity contribution in [2.24, 2.45) is 0 Å². The average molecular weight is 359 g/mol. The second-order valence-electron chi connectivity index (χ2n) is 6.81. The van der Waals surface area contributed by atoms with Gasteiger partial charge in [-0.25, -0.2) is 0 Å². The highest BCUT2D eigenvalue weighted by atomic mass is 16.4. The summed E-state index contributed by atoms with van der Waals surface area (Å²) in [5, 5.41) is 17.6. The molecule has 0 fully saturated rings. The van der Waals surface area contributed by atoms with E-state index in [1.54, 1.807) is 0 Å². The number of hydrogen-bond donors (Lipinski definition) is 1. The van der Waals surface area contributed by atoms with E-state index in [0.717, 1.165) is 35.7 Å². The third-order valence-electron chi connectivity index (χ3n) is 4.66. The number of carbonyl (C=O) groups is 2. The minimum Gasteiger partial charge on any atom is -0.481 e. The molecule has 1 amide bonds. The zero-order valence-electron chi connectivity index (χ0n) is 15.3. The molecular weight excluding hydrogens is 334 g/mol. The van der Waals surface area contributed by atoms with Crippen molar-refractivity contribution < 1.29 is 14.7 Å². The van der Waals surface area contributed by atoms with Gasteiger partial charge in [-0.1, -0.05) is 0 Å². The van der Waals surface area contributed by atoms with Crippen molar-refractivity contribution in [1.82, 2.24) is 24.5 Å². The van der Waals surface area contributed by atoms with Crippen molar-refractivity contribution in [3.05, 3.63) is 34.9 Å². The van der Waals surface area contributed by atoms with Crippen LogP contribution in [0.2, 0.25) is 0 Å². The Balaban J connectivity index is 1.50. The van der Waals surface area contributed by atoms with Gasteiger partial charge in [-0.15, -0.1) is 0 Å². The fourth-order valence-corrected chi connectivity index (χ4v) is 3.34. The Hall–Kier alpha value is -2.64. The Bertz CT molecular complexity index is 808. The molecule has 140 valence electrons. The van der Waals surface area contributed by atoms with Crippen LogP contribution < -0.4 is 0 Å². The second-order valence-corrected chi connectivity index (χ2v) is 6.81. The van der Waals surface area contributed by atoms with E-state index >= 15 is 0 Å². The molecule has 3 heterocycles. The van der Waals surface area contributed by atoms with Gasteiger partial charge in [-0.3, -0.25) is 19.0 Å². The highest BCUT2D eigenvalue weighted by Crippen LogP contribution is 2.16. The molecule has 8 nitrogen and oxygen atoms in total. The van der Waals surface area contributed by atoms with Crippen molar-refractivity contribution in [3.8, 4) is 0 Å².